The third-order valence-corrected chi connectivity index (χ3v) is 5.63. The number of pyridine rings is 1. The Hall–Kier alpha value is -3.80. The van der Waals surface area contributed by atoms with Crippen molar-refractivity contribution < 1.29 is 9.59 Å². The molecule has 32 heavy (non-hydrogen) atoms. The summed E-state index contributed by atoms with van der Waals surface area (Å²) >= 11 is 0. The number of aromatic nitrogens is 3. The van der Waals surface area contributed by atoms with Crippen LogP contribution in [0, 0.1) is 27.7 Å². The molecule has 2 aromatic heterocycles. The Morgan fingerprint density at radius 2 is 1.66 bits per heavy atom. The number of rotatable bonds is 6. The average Bonchev–Trinajstić information content (AvgIpc) is 3.13. The SMILES string of the molecule is Cc1cc(NC(=O)CCC(=O)c2ccc(C)c(C)c2)n(-c2cc(C)c3ccccc3n2)n1. The van der Waals surface area contributed by atoms with Crippen LogP contribution in [0.4, 0.5) is 5.82 Å². The van der Waals surface area contributed by atoms with Crippen molar-refractivity contribution >= 4 is 28.4 Å². The summed E-state index contributed by atoms with van der Waals surface area (Å²) in [5.41, 5.74) is 5.55. The first-order valence-corrected chi connectivity index (χ1v) is 10.7. The number of aryl methyl sites for hydroxylation is 4. The summed E-state index contributed by atoms with van der Waals surface area (Å²) in [5, 5.41) is 8.49. The monoisotopic (exact) mass is 426 g/mol. The van der Waals surface area contributed by atoms with Gasteiger partial charge < -0.3 is 5.32 Å². The van der Waals surface area contributed by atoms with E-state index >= 15 is 0 Å². The highest BCUT2D eigenvalue weighted by Gasteiger charge is 2.15. The van der Waals surface area contributed by atoms with Crippen LogP contribution in [0.1, 0.15) is 45.6 Å². The third kappa shape index (κ3) is 4.44. The molecule has 0 unspecified atom stereocenters. The maximum atomic E-state index is 12.6. The van der Waals surface area contributed by atoms with Crippen LogP contribution in [-0.4, -0.2) is 26.5 Å². The van der Waals surface area contributed by atoms with Crippen LogP contribution in [-0.2, 0) is 4.79 Å². The van der Waals surface area contributed by atoms with Crippen molar-refractivity contribution in [1.82, 2.24) is 14.8 Å². The molecule has 4 aromatic rings. The second kappa shape index (κ2) is 8.75. The predicted octanol–water partition coefficient (Wildman–Crippen LogP) is 5.26. The summed E-state index contributed by atoms with van der Waals surface area (Å²) in [5.74, 6) is 0.893. The van der Waals surface area contributed by atoms with Gasteiger partial charge in [0.15, 0.2) is 11.6 Å². The molecular weight excluding hydrogens is 400 g/mol. The first-order chi connectivity index (χ1) is 15.3. The molecular formula is C26H26N4O2. The largest absolute Gasteiger partial charge is 0.311 e. The fourth-order valence-corrected chi connectivity index (χ4v) is 3.69. The van der Waals surface area contributed by atoms with Gasteiger partial charge in [-0.25, -0.2) is 4.98 Å². The zero-order chi connectivity index (χ0) is 22.8. The minimum Gasteiger partial charge on any atom is -0.311 e. The predicted molar refractivity (Wildman–Crippen MR) is 126 cm³/mol. The van der Waals surface area contributed by atoms with Gasteiger partial charge in [-0.05, 0) is 62.6 Å². The quantitative estimate of drug-likeness (QED) is 0.427. The van der Waals surface area contributed by atoms with Crippen LogP contribution >= 0.6 is 0 Å². The van der Waals surface area contributed by atoms with E-state index in [0.29, 0.717) is 17.2 Å². The lowest BCUT2D eigenvalue weighted by molar-refractivity contribution is -0.116. The van der Waals surface area contributed by atoms with Crippen molar-refractivity contribution in [3.8, 4) is 5.82 Å². The van der Waals surface area contributed by atoms with Gasteiger partial charge in [-0.15, -0.1) is 0 Å². The van der Waals surface area contributed by atoms with Crippen molar-refractivity contribution in [3.05, 3.63) is 82.5 Å². The Morgan fingerprint density at radius 1 is 0.875 bits per heavy atom. The summed E-state index contributed by atoms with van der Waals surface area (Å²) in [6, 6.07) is 17.3. The number of amides is 1. The minimum absolute atomic E-state index is 0.0419. The molecule has 2 aromatic carbocycles. The van der Waals surface area contributed by atoms with Crippen LogP contribution in [0.5, 0.6) is 0 Å². The number of nitrogens with one attached hydrogen (secondary N) is 1. The van der Waals surface area contributed by atoms with Crippen molar-refractivity contribution in [2.45, 2.75) is 40.5 Å². The topological polar surface area (TPSA) is 76.9 Å². The number of para-hydroxylation sites is 1. The van der Waals surface area contributed by atoms with E-state index in [9.17, 15) is 9.59 Å². The number of carbonyl (C=O) groups is 2. The number of nitrogens with zero attached hydrogens (tertiary/aromatic N) is 3. The zero-order valence-electron chi connectivity index (χ0n) is 18.8. The molecule has 1 N–H and O–H groups in total. The first-order valence-electron chi connectivity index (χ1n) is 10.7. The number of fused-ring (bicyclic) bond motifs is 1. The zero-order valence-corrected chi connectivity index (χ0v) is 18.8. The fraction of sp³-hybridized carbons (Fsp3) is 0.231. The summed E-state index contributed by atoms with van der Waals surface area (Å²) in [6.07, 6.45) is 0.245. The van der Waals surface area contributed by atoms with Gasteiger partial charge in [0.1, 0.15) is 5.82 Å². The van der Waals surface area contributed by atoms with Crippen LogP contribution in [0.25, 0.3) is 16.7 Å². The number of Topliss-reactive ketones (excluding diaryl/α,β-unsaturated/α-hetero) is 1. The van der Waals surface area contributed by atoms with E-state index in [1.165, 1.54) is 0 Å². The normalized spacial score (nSPS) is 11.0. The second-order valence-electron chi connectivity index (χ2n) is 8.17. The summed E-state index contributed by atoms with van der Waals surface area (Å²) in [6.45, 7) is 7.88. The highest BCUT2D eigenvalue weighted by molar-refractivity contribution is 6.00. The van der Waals surface area contributed by atoms with Crippen LogP contribution in [0.2, 0.25) is 0 Å². The molecule has 0 radical (unpaired) electrons. The van der Waals surface area contributed by atoms with Crippen LogP contribution in [0.15, 0.2) is 54.6 Å². The lowest BCUT2D eigenvalue weighted by Crippen LogP contribution is -2.16. The summed E-state index contributed by atoms with van der Waals surface area (Å²) in [4.78, 5) is 29.8. The van der Waals surface area contributed by atoms with Gasteiger partial charge in [0.25, 0.3) is 0 Å². The first kappa shape index (κ1) is 21.4. The highest BCUT2D eigenvalue weighted by atomic mass is 16.2. The molecule has 0 aliphatic heterocycles. The van der Waals surface area contributed by atoms with Gasteiger partial charge in [-0.2, -0.15) is 9.78 Å². The van der Waals surface area contributed by atoms with E-state index in [0.717, 1.165) is 33.3 Å². The number of ketones is 1. The number of hydrogen-bond donors (Lipinski definition) is 1. The Kier molecular flexibility index (Phi) is 5.86. The van der Waals surface area contributed by atoms with E-state index in [1.54, 1.807) is 10.7 Å². The average molecular weight is 427 g/mol. The van der Waals surface area contributed by atoms with Gasteiger partial charge >= 0.3 is 0 Å². The number of carbonyl (C=O) groups excluding carboxylic acids is 2. The second-order valence-corrected chi connectivity index (χ2v) is 8.17. The molecule has 0 aliphatic carbocycles. The Morgan fingerprint density at radius 3 is 2.44 bits per heavy atom. The molecule has 4 rings (SSSR count). The van der Waals surface area contributed by atoms with Crippen molar-refractivity contribution in [1.29, 1.82) is 0 Å². The van der Waals surface area contributed by atoms with Gasteiger partial charge in [-0.1, -0.05) is 30.3 Å². The number of hydrogen-bond acceptors (Lipinski definition) is 4. The third-order valence-electron chi connectivity index (χ3n) is 5.63. The molecule has 1 amide bonds. The van der Waals surface area contributed by atoms with E-state index in [-0.39, 0.29) is 24.5 Å². The van der Waals surface area contributed by atoms with Crippen molar-refractivity contribution in [3.63, 3.8) is 0 Å². The van der Waals surface area contributed by atoms with E-state index < -0.39 is 0 Å². The smallest absolute Gasteiger partial charge is 0.225 e. The Labute approximate surface area is 187 Å². The van der Waals surface area contributed by atoms with E-state index in [2.05, 4.69) is 10.4 Å². The standard InChI is InChI=1S/C26H26N4O2/c1-16-9-10-20(13-17(16)2)23(31)11-12-26(32)28-25-15-19(4)29-30(25)24-14-18(3)21-7-5-6-8-22(21)27-24/h5-10,13-15H,11-12H2,1-4H3,(H,28,32). The molecule has 2 heterocycles. The van der Waals surface area contributed by atoms with Gasteiger partial charge in [-0.3, -0.25) is 9.59 Å². The molecule has 0 bridgehead atoms. The molecule has 0 aliphatic rings. The maximum Gasteiger partial charge on any atom is 0.225 e. The van der Waals surface area contributed by atoms with Gasteiger partial charge in [0.05, 0.1) is 11.2 Å². The fourth-order valence-electron chi connectivity index (χ4n) is 3.69. The molecule has 0 saturated carbocycles. The van der Waals surface area contributed by atoms with E-state index in [1.807, 2.05) is 76.2 Å². The number of anilines is 1. The molecule has 6 nitrogen and oxygen atoms in total. The lowest BCUT2D eigenvalue weighted by Gasteiger charge is -2.11. The van der Waals surface area contributed by atoms with Crippen LogP contribution < -0.4 is 5.32 Å². The molecule has 0 saturated heterocycles. The Balaban J connectivity index is 1.50. The maximum absolute atomic E-state index is 12.6. The molecule has 6 heteroatoms. The lowest BCUT2D eigenvalue weighted by atomic mass is 10.0. The molecule has 0 spiro atoms. The highest BCUT2D eigenvalue weighted by Crippen LogP contribution is 2.22. The van der Waals surface area contributed by atoms with Gasteiger partial charge in [0, 0.05) is 29.9 Å². The van der Waals surface area contributed by atoms with Crippen molar-refractivity contribution in [2.24, 2.45) is 0 Å². The van der Waals surface area contributed by atoms with Crippen LogP contribution in [0.3, 0.4) is 0 Å². The van der Waals surface area contributed by atoms with Gasteiger partial charge in [0.2, 0.25) is 5.91 Å². The Bertz CT molecular complexity index is 1340. The van der Waals surface area contributed by atoms with Crippen molar-refractivity contribution in [2.75, 3.05) is 5.32 Å². The summed E-state index contributed by atoms with van der Waals surface area (Å²) < 4.78 is 1.64. The number of benzene rings is 2. The molecule has 0 atom stereocenters. The minimum atomic E-state index is -0.235. The van der Waals surface area contributed by atoms with E-state index in [4.69, 9.17) is 4.98 Å². The molecule has 162 valence electrons. The summed E-state index contributed by atoms with van der Waals surface area (Å²) in [7, 11) is 0. The molecule has 0 fully saturated rings.